The molecule has 1 saturated heterocycles. The number of hydrogen-bond acceptors (Lipinski definition) is 3. The van der Waals surface area contributed by atoms with E-state index in [-0.39, 0.29) is 24.9 Å². The number of rotatable bonds is 6. The summed E-state index contributed by atoms with van der Waals surface area (Å²) in [5, 5.41) is 4.05. The fourth-order valence-electron chi connectivity index (χ4n) is 3.98. The van der Waals surface area contributed by atoms with Gasteiger partial charge < -0.3 is 10.3 Å². The van der Waals surface area contributed by atoms with Gasteiger partial charge >= 0.3 is 0 Å². The average molecular weight is 448 g/mol. The minimum Gasteiger partial charge on any atom is -0.361 e. The van der Waals surface area contributed by atoms with E-state index in [0.29, 0.717) is 31.9 Å². The van der Waals surface area contributed by atoms with E-state index in [1.54, 1.807) is 0 Å². The van der Waals surface area contributed by atoms with Gasteiger partial charge in [0.2, 0.25) is 15.9 Å². The Morgan fingerprint density at radius 3 is 2.65 bits per heavy atom. The normalized spacial score (nSPS) is 15.9. The average Bonchev–Trinajstić information content (AvgIpc) is 3.18. The molecule has 1 amide bonds. The van der Waals surface area contributed by atoms with E-state index in [4.69, 9.17) is 0 Å². The predicted molar refractivity (Wildman–Crippen MR) is 113 cm³/mol. The zero-order chi connectivity index (χ0) is 22.0. The fourth-order valence-corrected chi connectivity index (χ4v) is 5.52. The summed E-state index contributed by atoms with van der Waals surface area (Å²) in [6.45, 7) is 0.644. The Hall–Kier alpha value is -2.78. The first-order valence-electron chi connectivity index (χ1n) is 10.1. The number of carbonyl (C=O) groups is 1. The van der Waals surface area contributed by atoms with Gasteiger partial charge in [0.25, 0.3) is 0 Å². The second-order valence-corrected chi connectivity index (χ2v) is 9.56. The molecule has 2 aromatic carbocycles. The van der Waals surface area contributed by atoms with Crippen LogP contribution in [0.1, 0.15) is 18.4 Å². The van der Waals surface area contributed by atoms with Gasteiger partial charge in [0.05, 0.1) is 0 Å². The maximum atomic E-state index is 13.9. The smallest absolute Gasteiger partial charge is 0.246 e. The number of nitrogens with one attached hydrogen (secondary N) is 2. The molecule has 4 rings (SSSR count). The number of nitrogens with zero attached hydrogens (tertiary/aromatic N) is 1. The number of amides is 1. The van der Waals surface area contributed by atoms with Gasteiger partial charge in [-0.05, 0) is 49.1 Å². The van der Waals surface area contributed by atoms with Crippen LogP contribution in [0.5, 0.6) is 0 Å². The molecule has 31 heavy (non-hydrogen) atoms. The molecule has 1 fully saturated rings. The minimum atomic E-state index is -4.15. The SMILES string of the molecule is O=C(NCCc1c[nH]c2ccccc12)C1CCN(S(=O)(=O)c2cc(F)ccc2F)CC1. The lowest BCUT2D eigenvalue weighted by Crippen LogP contribution is -2.43. The van der Waals surface area contributed by atoms with E-state index in [0.717, 1.165) is 32.9 Å². The monoisotopic (exact) mass is 447 g/mol. The zero-order valence-corrected chi connectivity index (χ0v) is 17.6. The molecule has 1 aromatic heterocycles. The second kappa shape index (κ2) is 8.76. The second-order valence-electron chi connectivity index (χ2n) is 7.65. The van der Waals surface area contributed by atoms with Crippen LogP contribution in [-0.2, 0) is 21.2 Å². The molecule has 6 nitrogen and oxygen atoms in total. The van der Waals surface area contributed by atoms with Crippen LogP contribution < -0.4 is 5.32 Å². The van der Waals surface area contributed by atoms with E-state index in [1.165, 1.54) is 0 Å². The summed E-state index contributed by atoms with van der Waals surface area (Å²) in [4.78, 5) is 15.1. The zero-order valence-electron chi connectivity index (χ0n) is 16.8. The van der Waals surface area contributed by atoms with Crippen molar-refractivity contribution in [2.45, 2.75) is 24.2 Å². The first-order chi connectivity index (χ1) is 14.9. The van der Waals surface area contributed by atoms with Gasteiger partial charge in [0.1, 0.15) is 16.5 Å². The third-order valence-corrected chi connectivity index (χ3v) is 7.62. The Morgan fingerprint density at radius 2 is 1.87 bits per heavy atom. The molecule has 2 N–H and O–H groups in total. The molecule has 0 radical (unpaired) electrons. The third-order valence-electron chi connectivity index (χ3n) is 5.70. The molecule has 0 aliphatic carbocycles. The summed E-state index contributed by atoms with van der Waals surface area (Å²) < 4.78 is 53.8. The highest BCUT2D eigenvalue weighted by Crippen LogP contribution is 2.26. The van der Waals surface area contributed by atoms with E-state index in [1.807, 2.05) is 30.5 Å². The molecular weight excluding hydrogens is 424 g/mol. The number of benzene rings is 2. The van der Waals surface area contributed by atoms with Gasteiger partial charge in [0.15, 0.2) is 0 Å². The molecule has 0 atom stereocenters. The van der Waals surface area contributed by atoms with E-state index < -0.39 is 26.6 Å². The number of aromatic nitrogens is 1. The molecule has 3 aromatic rings. The lowest BCUT2D eigenvalue weighted by molar-refractivity contribution is -0.126. The Labute approximate surface area is 179 Å². The summed E-state index contributed by atoms with van der Waals surface area (Å²) in [6, 6.07) is 10.3. The van der Waals surface area contributed by atoms with E-state index in [9.17, 15) is 22.0 Å². The van der Waals surface area contributed by atoms with Crippen LogP contribution in [0.3, 0.4) is 0 Å². The number of fused-ring (bicyclic) bond motifs is 1. The van der Waals surface area contributed by atoms with Crippen LogP contribution in [0.4, 0.5) is 8.78 Å². The number of para-hydroxylation sites is 1. The Kier molecular flexibility index (Phi) is 6.06. The maximum Gasteiger partial charge on any atom is 0.246 e. The summed E-state index contributed by atoms with van der Waals surface area (Å²) in [7, 11) is -4.15. The van der Waals surface area contributed by atoms with Crippen LogP contribution in [0, 0.1) is 17.6 Å². The number of piperidine rings is 1. The Morgan fingerprint density at radius 1 is 1.13 bits per heavy atom. The number of hydrogen-bond donors (Lipinski definition) is 2. The van der Waals surface area contributed by atoms with Gasteiger partial charge in [-0.1, -0.05) is 18.2 Å². The van der Waals surface area contributed by atoms with Crippen LogP contribution in [0.2, 0.25) is 0 Å². The first-order valence-corrected chi connectivity index (χ1v) is 11.6. The van der Waals surface area contributed by atoms with Crippen molar-refractivity contribution in [2.75, 3.05) is 19.6 Å². The van der Waals surface area contributed by atoms with Crippen molar-refractivity contribution in [2.24, 2.45) is 5.92 Å². The van der Waals surface area contributed by atoms with E-state index in [2.05, 4.69) is 10.3 Å². The molecule has 1 aliphatic rings. The Balaban J connectivity index is 1.31. The van der Waals surface area contributed by atoms with Crippen molar-refractivity contribution < 1.29 is 22.0 Å². The molecule has 2 heterocycles. The third kappa shape index (κ3) is 4.47. The van der Waals surface area contributed by atoms with Crippen molar-refractivity contribution in [3.8, 4) is 0 Å². The van der Waals surface area contributed by atoms with Crippen molar-refractivity contribution >= 4 is 26.8 Å². The van der Waals surface area contributed by atoms with Gasteiger partial charge in [-0.2, -0.15) is 4.31 Å². The van der Waals surface area contributed by atoms with Crippen LogP contribution in [0.25, 0.3) is 10.9 Å². The number of sulfonamides is 1. The first kappa shape index (κ1) is 21.5. The highest BCUT2D eigenvalue weighted by atomic mass is 32.2. The maximum absolute atomic E-state index is 13.9. The van der Waals surface area contributed by atoms with Crippen molar-refractivity contribution in [1.82, 2.24) is 14.6 Å². The highest BCUT2D eigenvalue weighted by molar-refractivity contribution is 7.89. The minimum absolute atomic E-state index is 0.0822. The predicted octanol–water partition coefficient (Wildman–Crippen LogP) is 3.21. The van der Waals surface area contributed by atoms with Crippen molar-refractivity contribution in [1.29, 1.82) is 0 Å². The lowest BCUT2D eigenvalue weighted by atomic mass is 9.97. The Bertz CT molecular complexity index is 1200. The molecule has 0 bridgehead atoms. The van der Waals surface area contributed by atoms with Gasteiger partial charge in [-0.25, -0.2) is 17.2 Å². The quantitative estimate of drug-likeness (QED) is 0.609. The summed E-state index contributed by atoms with van der Waals surface area (Å²) in [5.41, 5.74) is 2.17. The summed E-state index contributed by atoms with van der Waals surface area (Å²) in [6.07, 6.45) is 3.28. The molecule has 0 unspecified atom stereocenters. The number of carbonyl (C=O) groups excluding carboxylic acids is 1. The van der Waals surface area contributed by atoms with E-state index >= 15 is 0 Å². The number of H-pyrrole nitrogens is 1. The highest BCUT2D eigenvalue weighted by Gasteiger charge is 2.33. The van der Waals surface area contributed by atoms with Crippen molar-refractivity contribution in [3.63, 3.8) is 0 Å². The largest absolute Gasteiger partial charge is 0.361 e. The molecule has 9 heteroatoms. The van der Waals surface area contributed by atoms with Crippen LogP contribution in [-0.4, -0.2) is 43.2 Å². The lowest BCUT2D eigenvalue weighted by Gasteiger charge is -2.30. The van der Waals surface area contributed by atoms with Crippen LogP contribution >= 0.6 is 0 Å². The topological polar surface area (TPSA) is 82.3 Å². The molecular formula is C22H23F2N3O3S. The standard InChI is InChI=1S/C22H23F2N3O3S/c23-17-5-6-19(24)21(13-17)31(29,30)27-11-8-15(9-12-27)22(28)25-10-7-16-14-26-20-4-2-1-3-18(16)20/h1-6,13-15,26H,7-12H2,(H,25,28). The number of aromatic amines is 1. The molecule has 1 aliphatic heterocycles. The van der Waals surface area contributed by atoms with Gasteiger partial charge in [0, 0.05) is 42.7 Å². The molecule has 0 spiro atoms. The fraction of sp³-hybridized carbons (Fsp3) is 0.318. The molecule has 164 valence electrons. The summed E-state index contributed by atoms with van der Waals surface area (Å²) in [5.74, 6) is -2.23. The molecule has 0 saturated carbocycles. The van der Waals surface area contributed by atoms with Gasteiger partial charge in [-0.3, -0.25) is 4.79 Å². The summed E-state index contributed by atoms with van der Waals surface area (Å²) >= 11 is 0. The van der Waals surface area contributed by atoms with Crippen molar-refractivity contribution in [3.05, 3.63) is 65.9 Å². The van der Waals surface area contributed by atoms with Crippen LogP contribution in [0.15, 0.2) is 53.6 Å². The number of halogens is 2. The van der Waals surface area contributed by atoms with Gasteiger partial charge in [-0.15, -0.1) is 0 Å².